The highest BCUT2D eigenvalue weighted by Crippen LogP contribution is 2.33. The molecule has 5 nitrogen and oxygen atoms in total. The first-order valence-electron chi connectivity index (χ1n) is 8.77. The second kappa shape index (κ2) is 8.33. The number of rotatable bonds is 4. The first kappa shape index (κ1) is 21.6. The van der Waals surface area contributed by atoms with E-state index in [0.717, 1.165) is 6.07 Å². The molecule has 156 valence electrons. The van der Waals surface area contributed by atoms with Gasteiger partial charge in [-0.05, 0) is 43.9 Å². The summed E-state index contributed by atoms with van der Waals surface area (Å²) in [5.74, 6) is -5.46. The Morgan fingerprint density at radius 1 is 1.03 bits per heavy atom. The van der Waals surface area contributed by atoms with Crippen molar-refractivity contribution < 1.29 is 31.5 Å². The van der Waals surface area contributed by atoms with Crippen molar-refractivity contribution in [1.29, 1.82) is 0 Å². The Kier molecular flexibility index (Phi) is 6.21. The predicted molar refractivity (Wildman–Crippen MR) is 101 cm³/mol. The first-order chi connectivity index (χ1) is 13.6. The van der Waals surface area contributed by atoms with E-state index >= 15 is 0 Å². The van der Waals surface area contributed by atoms with Crippen molar-refractivity contribution in [2.75, 3.05) is 5.32 Å². The van der Waals surface area contributed by atoms with Gasteiger partial charge in [0.15, 0.2) is 27.3 Å². The molecule has 0 heterocycles. The molecule has 29 heavy (non-hydrogen) atoms. The summed E-state index contributed by atoms with van der Waals surface area (Å²) in [5.41, 5.74) is -0.430. The van der Waals surface area contributed by atoms with Crippen LogP contribution in [-0.2, 0) is 9.84 Å². The van der Waals surface area contributed by atoms with Crippen LogP contribution in [0.1, 0.15) is 36.0 Å². The maximum Gasteiger partial charge on any atom is 0.255 e. The second-order valence-electron chi connectivity index (χ2n) is 6.83. The summed E-state index contributed by atoms with van der Waals surface area (Å²) in [7, 11) is -3.86. The maximum atomic E-state index is 13.3. The normalized spacial score (nSPS) is 19.8. The minimum absolute atomic E-state index is 0.0634. The van der Waals surface area contributed by atoms with Crippen molar-refractivity contribution >= 4 is 33.0 Å². The molecular formula is C19H17ClF3NO4S. The fraction of sp³-hybridized carbons (Fsp3) is 0.316. The van der Waals surface area contributed by atoms with E-state index in [1.54, 1.807) is 0 Å². The number of anilines is 1. The Morgan fingerprint density at radius 3 is 2.21 bits per heavy atom. The van der Waals surface area contributed by atoms with Crippen LogP contribution in [0.4, 0.5) is 18.9 Å². The van der Waals surface area contributed by atoms with Crippen LogP contribution >= 0.6 is 11.6 Å². The van der Waals surface area contributed by atoms with Gasteiger partial charge in [-0.3, -0.25) is 4.79 Å². The number of aliphatic hydroxyl groups excluding tert-OH is 1. The van der Waals surface area contributed by atoms with Crippen LogP contribution in [0, 0.1) is 17.5 Å². The Morgan fingerprint density at radius 2 is 1.62 bits per heavy atom. The zero-order valence-corrected chi connectivity index (χ0v) is 16.5. The van der Waals surface area contributed by atoms with E-state index in [-0.39, 0.29) is 34.0 Å². The molecule has 0 radical (unpaired) electrons. The molecule has 10 heteroatoms. The summed E-state index contributed by atoms with van der Waals surface area (Å²) in [6.07, 6.45) is 0.701. The zero-order valence-electron chi connectivity index (χ0n) is 15.0. The van der Waals surface area contributed by atoms with Gasteiger partial charge >= 0.3 is 0 Å². The molecule has 1 fully saturated rings. The van der Waals surface area contributed by atoms with Gasteiger partial charge in [-0.2, -0.15) is 0 Å². The molecule has 0 aromatic heterocycles. The van der Waals surface area contributed by atoms with Gasteiger partial charge in [0.25, 0.3) is 5.91 Å². The van der Waals surface area contributed by atoms with E-state index in [1.165, 1.54) is 12.1 Å². The third-order valence-corrected chi connectivity index (χ3v) is 7.57. The van der Waals surface area contributed by atoms with Crippen molar-refractivity contribution in [3.8, 4) is 0 Å². The average molecular weight is 448 g/mol. The van der Waals surface area contributed by atoms with Crippen molar-refractivity contribution in [3.05, 3.63) is 58.4 Å². The van der Waals surface area contributed by atoms with E-state index < -0.39 is 44.5 Å². The molecule has 0 spiro atoms. The first-order valence-corrected chi connectivity index (χ1v) is 10.7. The van der Waals surface area contributed by atoms with Gasteiger partial charge in [0, 0.05) is 23.4 Å². The van der Waals surface area contributed by atoms with Crippen LogP contribution in [0.3, 0.4) is 0 Å². The second-order valence-corrected chi connectivity index (χ2v) is 9.43. The SMILES string of the molecule is O=C(Nc1cc(F)c(F)c(F)c1)c1ccc(Cl)c(S(=O)(=O)C2CCC(O)CC2)c1. The molecule has 2 aromatic rings. The Balaban J connectivity index is 1.87. The lowest BCUT2D eigenvalue weighted by atomic mass is 9.97. The predicted octanol–water partition coefficient (Wildman–Crippen LogP) is 4.09. The molecule has 0 unspecified atom stereocenters. The minimum Gasteiger partial charge on any atom is -0.393 e. The third-order valence-electron chi connectivity index (χ3n) is 4.82. The van der Waals surface area contributed by atoms with Crippen LogP contribution in [0.25, 0.3) is 0 Å². The number of benzene rings is 2. The van der Waals surface area contributed by atoms with Crippen LogP contribution < -0.4 is 5.32 Å². The largest absolute Gasteiger partial charge is 0.393 e. The fourth-order valence-electron chi connectivity index (χ4n) is 3.23. The van der Waals surface area contributed by atoms with Crippen molar-refractivity contribution in [2.45, 2.75) is 41.9 Å². The molecule has 0 aliphatic heterocycles. The van der Waals surface area contributed by atoms with Crippen LogP contribution in [0.5, 0.6) is 0 Å². The molecule has 0 saturated heterocycles. The molecule has 1 aliphatic rings. The highest BCUT2D eigenvalue weighted by atomic mass is 35.5. The number of hydrogen-bond acceptors (Lipinski definition) is 4. The van der Waals surface area contributed by atoms with Gasteiger partial charge in [-0.25, -0.2) is 21.6 Å². The monoisotopic (exact) mass is 447 g/mol. The van der Waals surface area contributed by atoms with Gasteiger partial charge in [-0.15, -0.1) is 0 Å². The Bertz CT molecular complexity index is 1030. The number of carbonyl (C=O) groups excluding carboxylic acids is 1. The van der Waals surface area contributed by atoms with Gasteiger partial charge in [-0.1, -0.05) is 11.6 Å². The van der Waals surface area contributed by atoms with E-state index in [9.17, 15) is 31.5 Å². The van der Waals surface area contributed by atoms with Gasteiger partial charge in [0.2, 0.25) is 0 Å². The molecule has 2 N–H and O–H groups in total. The maximum absolute atomic E-state index is 13.3. The average Bonchev–Trinajstić information content (AvgIpc) is 2.66. The van der Waals surface area contributed by atoms with Crippen molar-refractivity contribution in [3.63, 3.8) is 0 Å². The summed E-state index contributed by atoms with van der Waals surface area (Å²) in [6, 6.07) is 4.81. The highest BCUT2D eigenvalue weighted by Gasteiger charge is 2.33. The van der Waals surface area contributed by atoms with Gasteiger partial charge < -0.3 is 10.4 Å². The van der Waals surface area contributed by atoms with E-state index in [4.69, 9.17) is 11.6 Å². The summed E-state index contributed by atoms with van der Waals surface area (Å²) < 4.78 is 65.6. The van der Waals surface area contributed by atoms with Crippen molar-refractivity contribution in [2.24, 2.45) is 0 Å². The Labute approximate surface area is 170 Å². The standard InChI is InChI=1S/C19H17ClF3NO4S/c20-14-6-1-10(19(26)24-11-8-15(21)18(23)16(22)9-11)7-17(14)29(27,28)13-4-2-12(25)3-5-13/h1,6-9,12-13,25H,2-5H2,(H,24,26). The zero-order chi connectivity index (χ0) is 21.3. The minimum atomic E-state index is -3.86. The molecule has 1 saturated carbocycles. The summed E-state index contributed by atoms with van der Waals surface area (Å²) in [5, 5.41) is 11.0. The van der Waals surface area contributed by atoms with Crippen molar-refractivity contribution in [1.82, 2.24) is 0 Å². The number of nitrogens with one attached hydrogen (secondary N) is 1. The number of sulfone groups is 1. The lowest BCUT2D eigenvalue weighted by Crippen LogP contribution is -2.29. The van der Waals surface area contributed by atoms with Crippen LogP contribution in [0.2, 0.25) is 5.02 Å². The lowest BCUT2D eigenvalue weighted by molar-refractivity contribution is 0.102. The lowest BCUT2D eigenvalue weighted by Gasteiger charge is -2.25. The number of carbonyl (C=O) groups is 1. The van der Waals surface area contributed by atoms with Gasteiger partial charge in [0.1, 0.15) is 0 Å². The molecule has 0 atom stereocenters. The molecular weight excluding hydrogens is 431 g/mol. The number of halogens is 4. The van der Waals surface area contributed by atoms with E-state index in [2.05, 4.69) is 5.32 Å². The third kappa shape index (κ3) is 4.57. The summed E-state index contributed by atoms with van der Waals surface area (Å²) in [6.45, 7) is 0. The van der Waals surface area contributed by atoms with Crippen LogP contribution in [-0.4, -0.2) is 30.8 Å². The number of amides is 1. The number of hydrogen-bond donors (Lipinski definition) is 2. The van der Waals surface area contributed by atoms with E-state index in [0.29, 0.717) is 25.0 Å². The topological polar surface area (TPSA) is 83.5 Å². The fourth-order valence-corrected chi connectivity index (χ4v) is 5.55. The Hall–Kier alpha value is -2.10. The van der Waals surface area contributed by atoms with Crippen LogP contribution in [0.15, 0.2) is 35.2 Å². The molecule has 3 rings (SSSR count). The smallest absolute Gasteiger partial charge is 0.255 e. The molecule has 0 bridgehead atoms. The molecule has 1 aliphatic carbocycles. The van der Waals surface area contributed by atoms with E-state index in [1.807, 2.05) is 0 Å². The molecule has 1 amide bonds. The van der Waals surface area contributed by atoms with Gasteiger partial charge in [0.05, 0.1) is 21.3 Å². The summed E-state index contributed by atoms with van der Waals surface area (Å²) in [4.78, 5) is 12.2. The number of aliphatic hydroxyl groups is 1. The highest BCUT2D eigenvalue weighted by molar-refractivity contribution is 7.92. The quantitative estimate of drug-likeness (QED) is 0.691. The summed E-state index contributed by atoms with van der Waals surface area (Å²) >= 11 is 6.05. The molecule has 2 aromatic carbocycles.